The molecule has 15 heavy (non-hydrogen) atoms. The normalized spacial score (nSPS) is 17.0. The molecule has 4 heteroatoms. The van der Waals surface area contributed by atoms with Crippen molar-refractivity contribution in [3.05, 3.63) is 23.9 Å². The average Bonchev–Trinajstić information content (AvgIpc) is 2.31. The quantitative estimate of drug-likeness (QED) is 0.781. The molecule has 78 valence electrons. The highest BCUT2D eigenvalue weighted by atomic mass is 16.5. The van der Waals surface area contributed by atoms with Crippen LogP contribution in [0.3, 0.4) is 0 Å². The van der Waals surface area contributed by atoms with Gasteiger partial charge in [0.05, 0.1) is 11.6 Å². The van der Waals surface area contributed by atoms with Gasteiger partial charge in [0.2, 0.25) is 5.88 Å². The van der Waals surface area contributed by atoms with E-state index in [-0.39, 0.29) is 6.10 Å². The fraction of sp³-hybridized carbons (Fsp3) is 0.455. The van der Waals surface area contributed by atoms with Crippen LogP contribution in [-0.2, 0) is 0 Å². The maximum atomic E-state index is 8.72. The summed E-state index contributed by atoms with van der Waals surface area (Å²) in [7, 11) is 0. The van der Waals surface area contributed by atoms with E-state index in [4.69, 9.17) is 10.00 Å². The summed E-state index contributed by atoms with van der Waals surface area (Å²) in [5.74, 6) is 0.556. The van der Waals surface area contributed by atoms with Crippen molar-refractivity contribution < 1.29 is 4.74 Å². The highest BCUT2D eigenvalue weighted by Gasteiger charge is 2.14. The maximum absolute atomic E-state index is 8.72. The highest BCUT2D eigenvalue weighted by Crippen LogP contribution is 2.14. The van der Waals surface area contributed by atoms with Crippen LogP contribution in [-0.4, -0.2) is 24.2 Å². The molecule has 2 rings (SSSR count). The predicted octanol–water partition coefficient (Wildman–Crippen LogP) is 1.08. The Bertz CT molecular complexity index is 366. The van der Waals surface area contributed by atoms with Crippen LogP contribution < -0.4 is 10.1 Å². The first-order valence-electron chi connectivity index (χ1n) is 5.12. The fourth-order valence-electron chi connectivity index (χ4n) is 1.63. The number of hydrogen-bond donors (Lipinski definition) is 1. The summed E-state index contributed by atoms with van der Waals surface area (Å²) in [6, 6.07) is 5.43. The van der Waals surface area contributed by atoms with Crippen LogP contribution in [0.2, 0.25) is 0 Å². The molecule has 0 aromatic carbocycles. The van der Waals surface area contributed by atoms with Gasteiger partial charge in [0, 0.05) is 12.3 Å². The van der Waals surface area contributed by atoms with Gasteiger partial charge in [0.15, 0.2) is 0 Å². The van der Waals surface area contributed by atoms with E-state index in [0.29, 0.717) is 11.4 Å². The summed E-state index contributed by atoms with van der Waals surface area (Å²) in [6.45, 7) is 1.98. The Morgan fingerprint density at radius 3 is 3.00 bits per heavy atom. The number of piperidine rings is 1. The third-order valence-electron chi connectivity index (χ3n) is 2.44. The molecule has 1 aliphatic heterocycles. The van der Waals surface area contributed by atoms with E-state index in [1.807, 2.05) is 0 Å². The Kier molecular flexibility index (Phi) is 3.15. The van der Waals surface area contributed by atoms with Gasteiger partial charge in [-0.1, -0.05) is 0 Å². The van der Waals surface area contributed by atoms with E-state index in [9.17, 15) is 0 Å². The van der Waals surface area contributed by atoms with Gasteiger partial charge in [-0.3, -0.25) is 0 Å². The minimum Gasteiger partial charge on any atom is -0.474 e. The summed E-state index contributed by atoms with van der Waals surface area (Å²) < 4.78 is 5.70. The summed E-state index contributed by atoms with van der Waals surface area (Å²) in [6.07, 6.45) is 3.83. The van der Waals surface area contributed by atoms with Gasteiger partial charge in [-0.2, -0.15) is 5.26 Å². The van der Waals surface area contributed by atoms with Crippen LogP contribution in [0.1, 0.15) is 18.4 Å². The second-order valence-electron chi connectivity index (χ2n) is 3.56. The lowest BCUT2D eigenvalue weighted by Crippen LogP contribution is -2.34. The molecule has 1 aromatic rings. The summed E-state index contributed by atoms with van der Waals surface area (Å²) in [5, 5.41) is 12.0. The van der Waals surface area contributed by atoms with E-state index in [2.05, 4.69) is 16.4 Å². The van der Waals surface area contributed by atoms with Crippen LogP contribution in [0.5, 0.6) is 5.88 Å². The average molecular weight is 203 g/mol. The largest absolute Gasteiger partial charge is 0.474 e. The van der Waals surface area contributed by atoms with Crippen molar-refractivity contribution in [2.75, 3.05) is 13.1 Å². The van der Waals surface area contributed by atoms with Crippen molar-refractivity contribution in [1.29, 1.82) is 5.26 Å². The lowest BCUT2D eigenvalue weighted by atomic mass is 10.1. The molecule has 1 N–H and O–H groups in total. The van der Waals surface area contributed by atoms with Gasteiger partial charge in [-0.05, 0) is 32.0 Å². The molecular formula is C11H13N3O. The van der Waals surface area contributed by atoms with Crippen molar-refractivity contribution >= 4 is 0 Å². The van der Waals surface area contributed by atoms with Crippen molar-refractivity contribution in [2.45, 2.75) is 18.9 Å². The number of nitriles is 1. The molecule has 0 radical (unpaired) electrons. The zero-order valence-corrected chi connectivity index (χ0v) is 8.44. The third kappa shape index (κ3) is 2.67. The molecule has 1 aromatic heterocycles. The van der Waals surface area contributed by atoms with Crippen molar-refractivity contribution in [3.8, 4) is 11.9 Å². The van der Waals surface area contributed by atoms with Gasteiger partial charge in [-0.15, -0.1) is 0 Å². The lowest BCUT2D eigenvalue weighted by Gasteiger charge is -2.23. The second-order valence-corrected chi connectivity index (χ2v) is 3.56. The topological polar surface area (TPSA) is 57.9 Å². The number of rotatable bonds is 2. The number of aromatic nitrogens is 1. The second kappa shape index (κ2) is 4.76. The molecule has 0 amide bonds. The molecule has 0 saturated carbocycles. The molecular weight excluding hydrogens is 190 g/mol. The molecule has 4 nitrogen and oxygen atoms in total. The van der Waals surface area contributed by atoms with Crippen molar-refractivity contribution in [2.24, 2.45) is 0 Å². The van der Waals surface area contributed by atoms with Crippen LogP contribution in [0.25, 0.3) is 0 Å². The first-order chi connectivity index (χ1) is 7.38. The standard InChI is InChI=1S/C11H13N3O/c12-8-9-1-6-14-11(7-9)15-10-2-4-13-5-3-10/h1,6-7,10,13H,2-5H2. The van der Waals surface area contributed by atoms with Gasteiger partial charge < -0.3 is 10.1 Å². The molecule has 1 fully saturated rings. The minimum absolute atomic E-state index is 0.229. The maximum Gasteiger partial charge on any atom is 0.214 e. The minimum atomic E-state index is 0.229. The Morgan fingerprint density at radius 1 is 1.47 bits per heavy atom. The van der Waals surface area contributed by atoms with E-state index < -0.39 is 0 Å². The zero-order valence-electron chi connectivity index (χ0n) is 8.44. The first kappa shape index (κ1) is 9.94. The number of pyridine rings is 1. The van der Waals surface area contributed by atoms with Gasteiger partial charge >= 0.3 is 0 Å². The molecule has 0 spiro atoms. The monoisotopic (exact) mass is 203 g/mol. The molecule has 2 heterocycles. The first-order valence-corrected chi connectivity index (χ1v) is 5.12. The number of hydrogen-bond acceptors (Lipinski definition) is 4. The molecule has 0 atom stereocenters. The number of ether oxygens (including phenoxy) is 1. The Morgan fingerprint density at radius 2 is 2.27 bits per heavy atom. The SMILES string of the molecule is N#Cc1ccnc(OC2CCNCC2)c1. The van der Waals surface area contributed by atoms with Crippen LogP contribution >= 0.6 is 0 Å². The Labute approximate surface area is 88.9 Å². The van der Waals surface area contributed by atoms with Gasteiger partial charge in [0.25, 0.3) is 0 Å². The van der Waals surface area contributed by atoms with E-state index in [1.165, 1.54) is 0 Å². The van der Waals surface area contributed by atoms with E-state index in [0.717, 1.165) is 25.9 Å². The van der Waals surface area contributed by atoms with Crippen LogP contribution in [0.15, 0.2) is 18.3 Å². The Balaban J connectivity index is 2.00. The van der Waals surface area contributed by atoms with E-state index in [1.54, 1.807) is 18.3 Å². The van der Waals surface area contributed by atoms with Gasteiger partial charge in [-0.25, -0.2) is 4.98 Å². The molecule has 0 aliphatic carbocycles. The van der Waals surface area contributed by atoms with Gasteiger partial charge in [0.1, 0.15) is 6.10 Å². The third-order valence-corrected chi connectivity index (χ3v) is 2.44. The highest BCUT2D eigenvalue weighted by molar-refractivity contribution is 5.31. The fourth-order valence-corrected chi connectivity index (χ4v) is 1.63. The molecule has 0 unspecified atom stereocenters. The lowest BCUT2D eigenvalue weighted by molar-refractivity contribution is 0.156. The molecule has 1 saturated heterocycles. The number of nitrogens with zero attached hydrogens (tertiary/aromatic N) is 2. The smallest absolute Gasteiger partial charge is 0.214 e. The summed E-state index contributed by atoms with van der Waals surface area (Å²) in [5.41, 5.74) is 0.592. The molecule has 0 bridgehead atoms. The summed E-state index contributed by atoms with van der Waals surface area (Å²) >= 11 is 0. The zero-order chi connectivity index (χ0) is 10.5. The van der Waals surface area contributed by atoms with E-state index >= 15 is 0 Å². The summed E-state index contributed by atoms with van der Waals surface area (Å²) in [4.78, 5) is 4.09. The van der Waals surface area contributed by atoms with Crippen molar-refractivity contribution in [1.82, 2.24) is 10.3 Å². The number of nitrogens with one attached hydrogen (secondary N) is 1. The Hall–Kier alpha value is -1.60. The van der Waals surface area contributed by atoms with Crippen LogP contribution in [0.4, 0.5) is 0 Å². The van der Waals surface area contributed by atoms with Crippen molar-refractivity contribution in [3.63, 3.8) is 0 Å². The molecule has 1 aliphatic rings. The van der Waals surface area contributed by atoms with Crippen LogP contribution in [0, 0.1) is 11.3 Å². The predicted molar refractivity (Wildman–Crippen MR) is 55.5 cm³/mol.